The molecule has 7 nitrogen and oxygen atoms in total. The van der Waals surface area contributed by atoms with E-state index in [1.807, 2.05) is 68.4 Å². The van der Waals surface area contributed by atoms with E-state index in [9.17, 15) is 4.79 Å². The molecule has 0 radical (unpaired) electrons. The molecule has 204 valence electrons. The highest BCUT2D eigenvalue weighted by Crippen LogP contribution is 2.47. The maximum atomic E-state index is 14.0. The zero-order valence-electron chi connectivity index (χ0n) is 22.8. The van der Waals surface area contributed by atoms with Gasteiger partial charge in [0.05, 0.1) is 44.8 Å². The molecule has 0 bridgehead atoms. The van der Waals surface area contributed by atoms with Crippen LogP contribution in [-0.2, 0) is 4.79 Å². The Labute approximate surface area is 237 Å². The van der Waals surface area contributed by atoms with E-state index >= 15 is 0 Å². The van der Waals surface area contributed by atoms with E-state index in [0.29, 0.717) is 35.8 Å². The van der Waals surface area contributed by atoms with Crippen LogP contribution in [0.2, 0.25) is 0 Å². The Morgan fingerprint density at radius 1 is 0.846 bits per heavy atom. The van der Waals surface area contributed by atoms with Crippen molar-refractivity contribution in [3.05, 3.63) is 81.5 Å². The lowest BCUT2D eigenvalue weighted by Crippen LogP contribution is -2.27. The highest BCUT2D eigenvalue weighted by molar-refractivity contribution is 9.10. The maximum absolute atomic E-state index is 14.0. The van der Waals surface area contributed by atoms with Gasteiger partial charge in [-0.25, -0.2) is 0 Å². The Hall–Kier alpha value is -3.65. The lowest BCUT2D eigenvalue weighted by atomic mass is 9.78. The Morgan fingerprint density at radius 2 is 1.51 bits per heavy atom. The summed E-state index contributed by atoms with van der Waals surface area (Å²) >= 11 is 3.72. The number of fused-ring (bicyclic) bond motifs is 1. The van der Waals surface area contributed by atoms with Gasteiger partial charge in [0.2, 0.25) is 0 Å². The number of ether oxygens (including phenoxy) is 4. The fraction of sp³-hybridized carbons (Fsp3) is 0.323. The van der Waals surface area contributed by atoms with E-state index in [4.69, 9.17) is 18.9 Å². The number of allylic oxidation sites excluding steroid dienone is 1. The smallest absolute Gasteiger partial charge is 0.163 e. The first kappa shape index (κ1) is 26.9. The standard InChI is InChI=1S/C31H33BrN2O5/c1-17(2)39-26-11-10-18(14-27(26)36-3)19-12-24-30(25(35)13-19)31(34-23-9-7-6-8-22(23)33-24)20-15-28(37-4)29(38-5)16-21(20)32/h6-11,14-17,19,31,33-34H,12-13H2,1-5H3. The molecule has 2 aliphatic rings. The van der Waals surface area contributed by atoms with Crippen LogP contribution in [-0.4, -0.2) is 33.2 Å². The van der Waals surface area contributed by atoms with E-state index in [1.54, 1.807) is 21.3 Å². The zero-order chi connectivity index (χ0) is 27.7. The van der Waals surface area contributed by atoms with Crippen LogP contribution in [0, 0.1) is 0 Å². The van der Waals surface area contributed by atoms with E-state index in [1.165, 1.54) is 0 Å². The van der Waals surface area contributed by atoms with Gasteiger partial charge in [-0.05, 0) is 73.7 Å². The number of anilines is 2. The number of para-hydroxylation sites is 2. The van der Waals surface area contributed by atoms with Gasteiger partial charge in [0, 0.05) is 22.2 Å². The van der Waals surface area contributed by atoms with Gasteiger partial charge < -0.3 is 29.6 Å². The fourth-order valence-electron chi connectivity index (χ4n) is 5.34. The average Bonchev–Trinajstić information content (AvgIpc) is 3.09. The van der Waals surface area contributed by atoms with Crippen LogP contribution in [0.5, 0.6) is 23.0 Å². The lowest BCUT2D eigenvalue weighted by molar-refractivity contribution is -0.116. The summed E-state index contributed by atoms with van der Waals surface area (Å²) in [6.45, 7) is 3.97. The van der Waals surface area contributed by atoms with Crippen molar-refractivity contribution in [2.75, 3.05) is 32.0 Å². The number of benzene rings is 3. The van der Waals surface area contributed by atoms with E-state index in [-0.39, 0.29) is 17.8 Å². The van der Waals surface area contributed by atoms with Gasteiger partial charge in [0.15, 0.2) is 28.8 Å². The third-order valence-corrected chi connectivity index (χ3v) is 7.83. The van der Waals surface area contributed by atoms with Gasteiger partial charge >= 0.3 is 0 Å². The van der Waals surface area contributed by atoms with E-state index in [0.717, 1.165) is 38.2 Å². The predicted octanol–water partition coefficient (Wildman–Crippen LogP) is 7.24. The van der Waals surface area contributed by atoms with Crippen LogP contribution in [0.1, 0.15) is 49.8 Å². The van der Waals surface area contributed by atoms with Crippen molar-refractivity contribution < 1.29 is 23.7 Å². The summed E-state index contributed by atoms with van der Waals surface area (Å²) in [6, 6.07) is 17.4. The Morgan fingerprint density at radius 3 is 2.21 bits per heavy atom. The topological polar surface area (TPSA) is 78.1 Å². The number of hydrogen-bond donors (Lipinski definition) is 2. The first-order chi connectivity index (χ1) is 18.8. The molecule has 0 spiro atoms. The minimum absolute atomic E-state index is 0.00879. The summed E-state index contributed by atoms with van der Waals surface area (Å²) in [5, 5.41) is 7.23. The van der Waals surface area contributed by atoms with Gasteiger partial charge in [-0.3, -0.25) is 4.79 Å². The van der Waals surface area contributed by atoms with Crippen molar-refractivity contribution in [1.29, 1.82) is 0 Å². The second-order valence-electron chi connectivity index (χ2n) is 9.97. The predicted molar refractivity (Wildman–Crippen MR) is 156 cm³/mol. The highest BCUT2D eigenvalue weighted by atomic mass is 79.9. The highest BCUT2D eigenvalue weighted by Gasteiger charge is 2.37. The third kappa shape index (κ3) is 5.30. The number of carbonyl (C=O) groups excluding carboxylic acids is 1. The summed E-state index contributed by atoms with van der Waals surface area (Å²) in [6.07, 6.45) is 1.09. The molecule has 1 heterocycles. The average molecular weight is 594 g/mol. The molecule has 3 aromatic carbocycles. The van der Waals surface area contributed by atoms with E-state index in [2.05, 4.69) is 26.6 Å². The van der Waals surface area contributed by atoms with Gasteiger partial charge in [0.1, 0.15) is 0 Å². The first-order valence-corrected chi connectivity index (χ1v) is 13.8. The molecule has 0 amide bonds. The maximum Gasteiger partial charge on any atom is 0.163 e. The minimum atomic E-state index is -0.393. The van der Waals surface area contributed by atoms with E-state index < -0.39 is 6.04 Å². The van der Waals surface area contributed by atoms with Gasteiger partial charge in [-0.15, -0.1) is 0 Å². The molecule has 0 saturated heterocycles. The molecule has 39 heavy (non-hydrogen) atoms. The second-order valence-corrected chi connectivity index (χ2v) is 10.8. The van der Waals surface area contributed by atoms with Crippen LogP contribution in [0.3, 0.4) is 0 Å². The van der Waals surface area contributed by atoms with Gasteiger partial charge in [0.25, 0.3) is 0 Å². The summed E-state index contributed by atoms with van der Waals surface area (Å²) in [5.41, 5.74) is 5.40. The van der Waals surface area contributed by atoms with Crippen molar-refractivity contribution in [2.45, 2.75) is 44.8 Å². The zero-order valence-corrected chi connectivity index (χ0v) is 24.3. The number of hydrogen-bond acceptors (Lipinski definition) is 7. The number of rotatable bonds is 7. The molecule has 5 rings (SSSR count). The number of methoxy groups -OCH3 is 3. The number of nitrogens with one attached hydrogen (secondary N) is 2. The molecule has 2 N–H and O–H groups in total. The van der Waals surface area contributed by atoms with Crippen LogP contribution in [0.25, 0.3) is 0 Å². The van der Waals surface area contributed by atoms with Crippen LogP contribution < -0.4 is 29.6 Å². The van der Waals surface area contributed by atoms with Crippen molar-refractivity contribution in [2.24, 2.45) is 0 Å². The molecule has 0 aromatic heterocycles. The molecule has 0 fully saturated rings. The number of halogens is 1. The van der Waals surface area contributed by atoms with Crippen LogP contribution in [0.4, 0.5) is 11.4 Å². The SMILES string of the molecule is COc1cc(Br)c(C2Nc3ccccc3NC3=C2C(=O)CC(c2ccc(OC(C)C)c(OC)c2)C3)cc1OC. The number of Topliss-reactive ketones (excluding diaryl/α,β-unsaturated/α-hetero) is 1. The molecular weight excluding hydrogens is 560 g/mol. The van der Waals surface area contributed by atoms with Crippen LogP contribution in [0.15, 0.2) is 70.3 Å². The molecule has 1 aliphatic heterocycles. The molecule has 0 saturated carbocycles. The normalized spacial score (nSPS) is 18.4. The minimum Gasteiger partial charge on any atom is -0.493 e. The third-order valence-electron chi connectivity index (χ3n) is 7.14. The molecule has 2 atom stereocenters. The Balaban J connectivity index is 1.59. The Bertz CT molecular complexity index is 1430. The summed E-state index contributed by atoms with van der Waals surface area (Å²) in [4.78, 5) is 14.0. The monoisotopic (exact) mass is 592 g/mol. The van der Waals surface area contributed by atoms with Crippen LogP contribution >= 0.6 is 15.9 Å². The quantitative estimate of drug-likeness (QED) is 0.299. The second kappa shape index (κ2) is 11.2. The van der Waals surface area contributed by atoms with Crippen molar-refractivity contribution in [3.63, 3.8) is 0 Å². The lowest BCUT2D eigenvalue weighted by Gasteiger charge is -2.30. The van der Waals surface area contributed by atoms with Gasteiger partial charge in [-0.2, -0.15) is 0 Å². The fourth-order valence-corrected chi connectivity index (χ4v) is 5.89. The van der Waals surface area contributed by atoms with Crippen molar-refractivity contribution in [1.82, 2.24) is 0 Å². The first-order valence-electron chi connectivity index (χ1n) is 13.0. The number of ketones is 1. The van der Waals surface area contributed by atoms with Crippen molar-refractivity contribution in [3.8, 4) is 23.0 Å². The summed E-state index contributed by atoms with van der Waals surface area (Å²) < 4.78 is 23.5. The van der Waals surface area contributed by atoms with Gasteiger partial charge in [-0.1, -0.05) is 34.1 Å². The number of carbonyl (C=O) groups is 1. The Kier molecular flexibility index (Phi) is 7.75. The van der Waals surface area contributed by atoms with Crippen molar-refractivity contribution >= 4 is 33.1 Å². The summed E-state index contributed by atoms with van der Waals surface area (Å²) in [5.74, 6) is 2.65. The molecular formula is C31H33BrN2O5. The largest absolute Gasteiger partial charge is 0.493 e. The molecule has 8 heteroatoms. The molecule has 3 aromatic rings. The molecule has 1 aliphatic carbocycles. The molecule has 2 unspecified atom stereocenters. The summed E-state index contributed by atoms with van der Waals surface area (Å²) in [7, 11) is 4.86.